The second kappa shape index (κ2) is 8.83. The van der Waals surface area contributed by atoms with E-state index >= 15 is 0 Å². The van der Waals surface area contributed by atoms with Gasteiger partial charge in [-0.05, 0) is 39.0 Å². The monoisotopic (exact) mass is 404 g/mol. The summed E-state index contributed by atoms with van der Waals surface area (Å²) in [7, 11) is 0. The lowest BCUT2D eigenvalue weighted by Crippen LogP contribution is -2.43. The number of esters is 1. The van der Waals surface area contributed by atoms with Crippen LogP contribution in [0.3, 0.4) is 0 Å². The standard InChI is InChI=1S/C17H29BrN2O4/c1-11(2)14(16(23)24-17(3,4)5)15(22)19-9-12-6-7-20(10-12)13(21)8-18/h11-12,14H,6-10H2,1-5H3,(H,19,22)/t12-,14-/m0/s1. The van der Waals surface area contributed by atoms with Gasteiger partial charge in [-0.3, -0.25) is 14.4 Å². The van der Waals surface area contributed by atoms with Crippen molar-refractivity contribution in [2.75, 3.05) is 25.0 Å². The molecule has 0 radical (unpaired) electrons. The van der Waals surface area contributed by atoms with E-state index in [0.29, 0.717) is 25.0 Å². The van der Waals surface area contributed by atoms with Crippen LogP contribution in [-0.4, -0.2) is 53.2 Å². The Bertz CT molecular complexity index is 474. The van der Waals surface area contributed by atoms with Gasteiger partial charge in [0, 0.05) is 19.6 Å². The second-order valence-electron chi connectivity index (χ2n) is 7.63. The molecule has 0 aromatic carbocycles. The normalized spacial score (nSPS) is 19.3. The summed E-state index contributed by atoms with van der Waals surface area (Å²) in [4.78, 5) is 38.2. The van der Waals surface area contributed by atoms with Gasteiger partial charge in [0.15, 0.2) is 0 Å². The number of carbonyl (C=O) groups is 3. The number of nitrogens with one attached hydrogen (secondary N) is 1. The van der Waals surface area contributed by atoms with E-state index in [1.54, 1.807) is 25.7 Å². The van der Waals surface area contributed by atoms with Gasteiger partial charge in [-0.2, -0.15) is 0 Å². The van der Waals surface area contributed by atoms with Gasteiger partial charge in [0.1, 0.15) is 11.5 Å². The van der Waals surface area contributed by atoms with Gasteiger partial charge in [0.25, 0.3) is 0 Å². The number of halogens is 1. The van der Waals surface area contributed by atoms with E-state index in [1.165, 1.54) is 0 Å². The molecule has 1 N–H and O–H groups in total. The third kappa shape index (κ3) is 6.42. The van der Waals surface area contributed by atoms with Crippen LogP contribution in [0, 0.1) is 17.8 Å². The molecule has 1 rings (SSSR count). The lowest BCUT2D eigenvalue weighted by molar-refractivity contribution is -0.164. The van der Waals surface area contributed by atoms with Crippen LogP contribution in [0.25, 0.3) is 0 Å². The van der Waals surface area contributed by atoms with Gasteiger partial charge in [0.05, 0.1) is 5.33 Å². The Morgan fingerprint density at radius 3 is 2.42 bits per heavy atom. The molecular weight excluding hydrogens is 376 g/mol. The van der Waals surface area contributed by atoms with Crippen LogP contribution in [0.5, 0.6) is 0 Å². The molecule has 0 aliphatic carbocycles. The number of hydrogen-bond acceptors (Lipinski definition) is 4. The second-order valence-corrected chi connectivity index (χ2v) is 8.19. The molecule has 138 valence electrons. The molecule has 0 aromatic heterocycles. The number of amides is 2. The number of rotatable bonds is 6. The first-order chi connectivity index (χ1) is 11.0. The van der Waals surface area contributed by atoms with E-state index in [1.807, 2.05) is 13.8 Å². The number of alkyl halides is 1. The van der Waals surface area contributed by atoms with Crippen molar-refractivity contribution in [3.8, 4) is 0 Å². The van der Waals surface area contributed by atoms with Crippen molar-refractivity contribution in [3.63, 3.8) is 0 Å². The minimum Gasteiger partial charge on any atom is -0.459 e. The lowest BCUT2D eigenvalue weighted by atomic mass is 9.94. The van der Waals surface area contributed by atoms with Crippen molar-refractivity contribution in [3.05, 3.63) is 0 Å². The van der Waals surface area contributed by atoms with Crippen LogP contribution in [0.2, 0.25) is 0 Å². The molecule has 1 saturated heterocycles. The number of carbonyl (C=O) groups excluding carboxylic acids is 3. The van der Waals surface area contributed by atoms with Crippen LogP contribution in [0.15, 0.2) is 0 Å². The zero-order chi connectivity index (χ0) is 18.5. The SMILES string of the molecule is CC(C)[C@@H](C(=O)NC[C@@H]1CCN(C(=O)CBr)C1)C(=O)OC(C)(C)C. The Hall–Kier alpha value is -1.11. The average Bonchev–Trinajstić information content (AvgIpc) is 2.90. The maximum atomic E-state index is 12.4. The quantitative estimate of drug-likeness (QED) is 0.417. The minimum absolute atomic E-state index is 0.0673. The van der Waals surface area contributed by atoms with Gasteiger partial charge in [-0.1, -0.05) is 29.8 Å². The van der Waals surface area contributed by atoms with Gasteiger partial charge in [-0.25, -0.2) is 0 Å². The highest BCUT2D eigenvalue weighted by molar-refractivity contribution is 9.09. The van der Waals surface area contributed by atoms with Crippen LogP contribution in [0.4, 0.5) is 0 Å². The van der Waals surface area contributed by atoms with Crippen molar-refractivity contribution in [1.29, 1.82) is 0 Å². The molecule has 1 heterocycles. The summed E-state index contributed by atoms with van der Waals surface area (Å²) in [6, 6.07) is 0. The molecule has 24 heavy (non-hydrogen) atoms. The van der Waals surface area contributed by atoms with E-state index < -0.39 is 17.5 Å². The van der Waals surface area contributed by atoms with Crippen molar-refractivity contribution < 1.29 is 19.1 Å². The molecular formula is C17H29BrN2O4. The van der Waals surface area contributed by atoms with Crippen LogP contribution < -0.4 is 5.32 Å². The van der Waals surface area contributed by atoms with Gasteiger partial charge < -0.3 is 15.0 Å². The highest BCUT2D eigenvalue weighted by Crippen LogP contribution is 2.19. The summed E-state index contributed by atoms with van der Waals surface area (Å²) in [5, 5.41) is 3.18. The minimum atomic E-state index is -0.814. The Labute approximate surface area is 152 Å². The fraction of sp³-hybridized carbons (Fsp3) is 0.824. The molecule has 0 aromatic rings. The Morgan fingerprint density at radius 1 is 1.29 bits per heavy atom. The Morgan fingerprint density at radius 2 is 1.92 bits per heavy atom. The predicted octanol–water partition coefficient (Wildman–Crippen LogP) is 1.96. The summed E-state index contributed by atoms with van der Waals surface area (Å²) in [5.74, 6) is -1.45. The van der Waals surface area contributed by atoms with Crippen molar-refractivity contribution in [1.82, 2.24) is 10.2 Å². The summed E-state index contributed by atoms with van der Waals surface area (Å²) >= 11 is 3.17. The van der Waals surface area contributed by atoms with Crippen LogP contribution in [0.1, 0.15) is 41.0 Å². The number of hydrogen-bond donors (Lipinski definition) is 1. The molecule has 2 atom stereocenters. The smallest absolute Gasteiger partial charge is 0.319 e. The highest BCUT2D eigenvalue weighted by Gasteiger charge is 2.34. The summed E-state index contributed by atoms with van der Waals surface area (Å²) < 4.78 is 5.36. The topological polar surface area (TPSA) is 75.7 Å². The Kier molecular flexibility index (Phi) is 7.70. The number of likely N-dealkylation sites (tertiary alicyclic amines) is 1. The molecule has 2 amide bonds. The lowest BCUT2D eigenvalue weighted by Gasteiger charge is -2.25. The molecule has 1 aliphatic rings. The van der Waals surface area contributed by atoms with Crippen LogP contribution in [-0.2, 0) is 19.1 Å². The fourth-order valence-electron chi connectivity index (χ4n) is 2.71. The number of nitrogens with zero attached hydrogens (tertiary/aromatic N) is 1. The van der Waals surface area contributed by atoms with Crippen molar-refractivity contribution in [2.24, 2.45) is 17.8 Å². The van der Waals surface area contributed by atoms with E-state index in [-0.39, 0.29) is 23.7 Å². The Balaban J connectivity index is 2.55. The number of ether oxygens (including phenoxy) is 1. The zero-order valence-corrected chi connectivity index (χ0v) is 16.8. The first-order valence-corrected chi connectivity index (χ1v) is 9.51. The summed E-state index contributed by atoms with van der Waals surface area (Å²) in [6.07, 6.45) is 0.859. The van der Waals surface area contributed by atoms with E-state index in [0.717, 1.165) is 6.42 Å². The molecule has 6 nitrogen and oxygen atoms in total. The van der Waals surface area contributed by atoms with Gasteiger partial charge in [0.2, 0.25) is 11.8 Å². The van der Waals surface area contributed by atoms with E-state index in [9.17, 15) is 14.4 Å². The molecule has 0 unspecified atom stereocenters. The van der Waals surface area contributed by atoms with Crippen molar-refractivity contribution in [2.45, 2.75) is 46.6 Å². The molecule has 1 fully saturated rings. The summed E-state index contributed by atoms with van der Waals surface area (Å²) in [5.41, 5.74) is -0.619. The maximum Gasteiger partial charge on any atom is 0.319 e. The van der Waals surface area contributed by atoms with E-state index in [4.69, 9.17) is 4.74 Å². The van der Waals surface area contributed by atoms with Crippen LogP contribution >= 0.6 is 15.9 Å². The molecule has 0 saturated carbocycles. The molecule has 0 spiro atoms. The zero-order valence-electron chi connectivity index (χ0n) is 15.2. The fourth-order valence-corrected chi connectivity index (χ4v) is 3.07. The average molecular weight is 405 g/mol. The third-order valence-electron chi connectivity index (χ3n) is 3.93. The first kappa shape index (κ1) is 20.9. The third-order valence-corrected chi connectivity index (χ3v) is 4.41. The molecule has 0 bridgehead atoms. The van der Waals surface area contributed by atoms with E-state index in [2.05, 4.69) is 21.2 Å². The van der Waals surface area contributed by atoms with Gasteiger partial charge >= 0.3 is 5.97 Å². The maximum absolute atomic E-state index is 12.4. The largest absolute Gasteiger partial charge is 0.459 e. The first-order valence-electron chi connectivity index (χ1n) is 8.39. The highest BCUT2D eigenvalue weighted by atomic mass is 79.9. The molecule has 7 heteroatoms. The van der Waals surface area contributed by atoms with Gasteiger partial charge in [-0.15, -0.1) is 0 Å². The summed E-state index contributed by atoms with van der Waals surface area (Å²) in [6.45, 7) is 10.8. The van der Waals surface area contributed by atoms with Crippen molar-refractivity contribution >= 4 is 33.7 Å². The molecule has 1 aliphatic heterocycles. The predicted molar refractivity (Wildman–Crippen MR) is 95.7 cm³/mol.